The van der Waals surface area contributed by atoms with E-state index in [0.29, 0.717) is 5.92 Å². The first kappa shape index (κ1) is 11.8. The van der Waals surface area contributed by atoms with Crippen molar-refractivity contribution in [1.82, 2.24) is 9.78 Å². The van der Waals surface area contributed by atoms with E-state index in [2.05, 4.69) is 18.9 Å². The second kappa shape index (κ2) is 4.65. The van der Waals surface area contributed by atoms with E-state index in [-0.39, 0.29) is 5.69 Å². The molecule has 0 aliphatic rings. The van der Waals surface area contributed by atoms with Crippen LogP contribution in [0.2, 0.25) is 0 Å². The number of hydrogen-bond donors (Lipinski definition) is 0. The molecule has 2 aromatic rings. The lowest BCUT2D eigenvalue weighted by atomic mass is 10.0. The van der Waals surface area contributed by atoms with E-state index in [1.165, 1.54) is 16.8 Å². The number of hydrogen-bond acceptors (Lipinski definition) is 1. The lowest BCUT2D eigenvalue weighted by Crippen LogP contribution is -1.98. The quantitative estimate of drug-likeness (QED) is 0.795. The summed E-state index contributed by atoms with van der Waals surface area (Å²) in [5.74, 6) is -0.809. The van der Waals surface area contributed by atoms with Gasteiger partial charge in [-0.15, -0.1) is 0 Å². The monoisotopic (exact) mass is 236 g/mol. The molecule has 0 spiro atoms. The Kier molecular flexibility index (Phi) is 3.22. The molecule has 1 aromatic carbocycles. The summed E-state index contributed by atoms with van der Waals surface area (Å²) in [7, 11) is 0. The van der Waals surface area contributed by atoms with Gasteiger partial charge in [-0.05, 0) is 30.0 Å². The van der Waals surface area contributed by atoms with Crippen molar-refractivity contribution < 1.29 is 8.78 Å². The van der Waals surface area contributed by atoms with Crippen LogP contribution in [-0.2, 0) is 0 Å². The molecule has 2 rings (SSSR count). The van der Waals surface area contributed by atoms with Gasteiger partial charge >= 0.3 is 0 Å². The Balaban J connectivity index is 2.37. The van der Waals surface area contributed by atoms with Crippen LogP contribution in [-0.4, -0.2) is 9.78 Å². The van der Waals surface area contributed by atoms with Gasteiger partial charge in [0, 0.05) is 12.3 Å². The van der Waals surface area contributed by atoms with Crippen LogP contribution in [0.1, 0.15) is 31.7 Å². The van der Waals surface area contributed by atoms with Crippen LogP contribution in [0, 0.1) is 11.6 Å². The fraction of sp³-hybridized carbons (Fsp3) is 0.308. The molecule has 0 bridgehead atoms. The summed E-state index contributed by atoms with van der Waals surface area (Å²) in [6.07, 6.45) is 4.50. The van der Waals surface area contributed by atoms with E-state index >= 15 is 0 Å². The molecule has 1 unspecified atom stereocenters. The topological polar surface area (TPSA) is 17.8 Å². The summed E-state index contributed by atoms with van der Waals surface area (Å²) in [4.78, 5) is 0. The van der Waals surface area contributed by atoms with Gasteiger partial charge < -0.3 is 0 Å². The van der Waals surface area contributed by atoms with Crippen molar-refractivity contribution in [3.63, 3.8) is 0 Å². The minimum atomic E-state index is -0.608. The van der Waals surface area contributed by atoms with Gasteiger partial charge in [-0.25, -0.2) is 13.5 Å². The van der Waals surface area contributed by atoms with Gasteiger partial charge in [0.25, 0.3) is 0 Å². The molecular formula is C13H14F2N2. The largest absolute Gasteiger partial charge is 0.238 e. The van der Waals surface area contributed by atoms with Crippen LogP contribution in [0.5, 0.6) is 0 Å². The summed E-state index contributed by atoms with van der Waals surface area (Å²) < 4.78 is 27.7. The Morgan fingerprint density at radius 2 is 2.12 bits per heavy atom. The Hall–Kier alpha value is -1.71. The second-order valence-corrected chi connectivity index (χ2v) is 4.12. The summed E-state index contributed by atoms with van der Waals surface area (Å²) >= 11 is 0. The Bertz CT molecular complexity index is 520. The maximum Gasteiger partial charge on any atom is 0.151 e. The van der Waals surface area contributed by atoms with E-state index in [0.717, 1.165) is 18.1 Å². The Morgan fingerprint density at radius 3 is 2.76 bits per heavy atom. The van der Waals surface area contributed by atoms with Gasteiger partial charge in [0.1, 0.15) is 11.5 Å². The highest BCUT2D eigenvalue weighted by Gasteiger charge is 2.10. The maximum absolute atomic E-state index is 13.5. The summed E-state index contributed by atoms with van der Waals surface area (Å²) in [5.41, 5.74) is 1.32. The smallest absolute Gasteiger partial charge is 0.151 e. The minimum absolute atomic E-state index is 0.265. The van der Waals surface area contributed by atoms with Crippen molar-refractivity contribution in [2.75, 3.05) is 0 Å². The molecule has 0 aliphatic carbocycles. The van der Waals surface area contributed by atoms with Crippen LogP contribution < -0.4 is 0 Å². The minimum Gasteiger partial charge on any atom is -0.238 e. The van der Waals surface area contributed by atoms with Gasteiger partial charge in [0.05, 0.1) is 6.20 Å². The number of aromatic nitrogens is 2. The maximum atomic E-state index is 13.5. The number of rotatable bonds is 3. The molecule has 0 amide bonds. The lowest BCUT2D eigenvalue weighted by molar-refractivity contribution is 0.573. The Morgan fingerprint density at radius 1 is 1.35 bits per heavy atom. The zero-order chi connectivity index (χ0) is 12.4. The lowest BCUT2D eigenvalue weighted by Gasteiger charge is -2.04. The van der Waals surface area contributed by atoms with Crippen molar-refractivity contribution in [3.05, 3.63) is 47.8 Å². The molecule has 0 fully saturated rings. The molecular weight excluding hydrogens is 222 g/mol. The zero-order valence-corrected chi connectivity index (χ0v) is 9.82. The van der Waals surface area contributed by atoms with Crippen molar-refractivity contribution in [2.24, 2.45) is 0 Å². The summed E-state index contributed by atoms with van der Waals surface area (Å²) in [5, 5.41) is 4.10. The van der Waals surface area contributed by atoms with E-state index in [1.54, 1.807) is 12.4 Å². The number of benzene rings is 1. The molecule has 0 aliphatic heterocycles. The molecule has 1 atom stereocenters. The fourth-order valence-electron chi connectivity index (χ4n) is 1.63. The van der Waals surface area contributed by atoms with Crippen molar-refractivity contribution in [3.8, 4) is 5.69 Å². The third-order valence-electron chi connectivity index (χ3n) is 2.94. The van der Waals surface area contributed by atoms with E-state index in [4.69, 9.17) is 0 Å². The molecule has 0 radical (unpaired) electrons. The van der Waals surface area contributed by atoms with Crippen LogP contribution in [0.25, 0.3) is 5.69 Å². The van der Waals surface area contributed by atoms with Gasteiger partial charge in [-0.2, -0.15) is 5.10 Å². The first-order valence-electron chi connectivity index (χ1n) is 5.61. The highest BCUT2D eigenvalue weighted by Crippen LogP contribution is 2.20. The highest BCUT2D eigenvalue weighted by atomic mass is 19.1. The van der Waals surface area contributed by atoms with E-state index in [9.17, 15) is 8.78 Å². The summed E-state index contributed by atoms with van der Waals surface area (Å²) in [6, 6.07) is 3.47. The third-order valence-corrected chi connectivity index (χ3v) is 2.94. The first-order chi connectivity index (χ1) is 8.11. The van der Waals surface area contributed by atoms with Crippen molar-refractivity contribution in [2.45, 2.75) is 26.2 Å². The van der Waals surface area contributed by atoms with Crippen molar-refractivity contribution in [1.29, 1.82) is 0 Å². The molecule has 4 heteroatoms. The zero-order valence-electron chi connectivity index (χ0n) is 9.82. The molecule has 1 aromatic heterocycles. The highest BCUT2D eigenvalue weighted by molar-refractivity contribution is 5.33. The van der Waals surface area contributed by atoms with Crippen LogP contribution in [0.4, 0.5) is 8.78 Å². The number of halogens is 2. The van der Waals surface area contributed by atoms with E-state index in [1.807, 2.05) is 0 Å². The molecule has 0 N–H and O–H groups in total. The van der Waals surface area contributed by atoms with Crippen LogP contribution in [0.3, 0.4) is 0 Å². The molecule has 2 nitrogen and oxygen atoms in total. The van der Waals surface area contributed by atoms with Crippen LogP contribution in [0.15, 0.2) is 30.6 Å². The molecule has 17 heavy (non-hydrogen) atoms. The second-order valence-electron chi connectivity index (χ2n) is 4.12. The van der Waals surface area contributed by atoms with Gasteiger partial charge in [0.2, 0.25) is 0 Å². The van der Waals surface area contributed by atoms with E-state index < -0.39 is 11.6 Å². The molecule has 90 valence electrons. The number of nitrogens with zero attached hydrogens (tertiary/aromatic N) is 2. The SMILES string of the molecule is CCC(C)c1cnn(-c2ccc(F)cc2F)c1. The molecule has 1 heterocycles. The first-order valence-corrected chi connectivity index (χ1v) is 5.61. The third kappa shape index (κ3) is 2.35. The molecule has 0 saturated carbocycles. The van der Waals surface area contributed by atoms with Crippen molar-refractivity contribution >= 4 is 0 Å². The normalized spacial score (nSPS) is 12.7. The van der Waals surface area contributed by atoms with Crippen LogP contribution >= 0.6 is 0 Å². The predicted molar refractivity (Wildman–Crippen MR) is 62.2 cm³/mol. The fourth-order valence-corrected chi connectivity index (χ4v) is 1.63. The predicted octanol–water partition coefficient (Wildman–Crippen LogP) is 3.66. The Labute approximate surface area is 98.9 Å². The van der Waals surface area contributed by atoms with Gasteiger partial charge in [0.15, 0.2) is 5.82 Å². The molecule has 0 saturated heterocycles. The average Bonchev–Trinajstić information content (AvgIpc) is 2.77. The average molecular weight is 236 g/mol. The summed E-state index contributed by atoms with van der Waals surface area (Å²) in [6.45, 7) is 4.17. The van der Waals surface area contributed by atoms with Gasteiger partial charge in [-0.3, -0.25) is 0 Å². The standard InChI is InChI=1S/C13H14F2N2/c1-3-9(2)10-7-16-17(8-10)13-5-4-11(14)6-12(13)15/h4-9H,3H2,1-2H3. The van der Waals surface area contributed by atoms with Gasteiger partial charge in [-0.1, -0.05) is 13.8 Å².